The Morgan fingerprint density at radius 3 is 2.19 bits per heavy atom. The minimum absolute atomic E-state index is 0. The predicted molar refractivity (Wildman–Crippen MR) is 279 cm³/mol. The molecule has 0 unspecified atom stereocenters. The summed E-state index contributed by atoms with van der Waals surface area (Å²) in [5.74, 6) is 1.31. The second-order valence-electron chi connectivity index (χ2n) is 19.5. The first-order chi connectivity index (χ1) is 40.8. The summed E-state index contributed by atoms with van der Waals surface area (Å²) in [6, 6.07) is 31.1. The van der Waals surface area contributed by atoms with Crippen LogP contribution in [-0.2, 0) is 42.7 Å². The van der Waals surface area contributed by atoms with Crippen molar-refractivity contribution in [1.82, 2.24) is 14.1 Å². The molecule has 0 aliphatic heterocycles. The minimum atomic E-state index is -3.78. The van der Waals surface area contributed by atoms with Gasteiger partial charge in [0.25, 0.3) is 6.33 Å². The summed E-state index contributed by atoms with van der Waals surface area (Å²) in [5.41, 5.74) is -7.22. The number of para-hydroxylation sites is 3. The maximum atomic E-state index is 10.2. The van der Waals surface area contributed by atoms with Gasteiger partial charge in [0, 0.05) is 60.7 Å². The molecule has 11 rings (SSSR count). The zero-order chi connectivity index (χ0) is 64.3. The summed E-state index contributed by atoms with van der Waals surface area (Å²) in [4.78, 5) is 4.80. The number of pyridine rings is 1. The van der Waals surface area contributed by atoms with Crippen LogP contribution in [0.5, 0.6) is 11.5 Å². The van der Waals surface area contributed by atoms with E-state index >= 15 is 0 Å². The van der Waals surface area contributed by atoms with Crippen LogP contribution < -0.4 is 9.30 Å². The van der Waals surface area contributed by atoms with Crippen molar-refractivity contribution in [2.24, 2.45) is 0 Å². The normalized spacial score (nSPS) is 19.2. The van der Waals surface area contributed by atoms with Gasteiger partial charge in [0.05, 0.1) is 27.7 Å². The smallest absolute Gasteiger partial charge is 0.268 e. The molecular weight excluding hydrogens is 1020 g/mol. The van der Waals surface area contributed by atoms with Gasteiger partial charge < -0.3 is 13.9 Å². The van der Waals surface area contributed by atoms with Crippen LogP contribution in [0.15, 0.2) is 158 Å². The van der Waals surface area contributed by atoms with Gasteiger partial charge in [0.2, 0.25) is 0 Å². The Morgan fingerprint density at radius 2 is 1.42 bits per heavy atom. The minimum Gasteiger partial charge on any atom is -0.510 e. The van der Waals surface area contributed by atoms with Crippen LogP contribution in [-0.4, -0.2) is 14.1 Å². The van der Waals surface area contributed by atoms with E-state index < -0.39 is 115 Å². The maximum absolute atomic E-state index is 10.2. The van der Waals surface area contributed by atoms with Crippen molar-refractivity contribution < 1.29 is 57.8 Å². The van der Waals surface area contributed by atoms with Crippen LogP contribution in [0.1, 0.15) is 125 Å². The van der Waals surface area contributed by atoms with Crippen LogP contribution in [0.25, 0.3) is 72.3 Å². The van der Waals surface area contributed by atoms with Crippen LogP contribution in [0.2, 0.25) is 0 Å². The third-order valence-corrected chi connectivity index (χ3v) is 12.6. The molecule has 7 aromatic carbocycles. The summed E-state index contributed by atoms with van der Waals surface area (Å²) < 4.78 is 192. The molecule has 5 nitrogen and oxygen atoms in total. The number of fused-ring (bicyclic) bond motifs is 5. The molecule has 1 aliphatic rings. The van der Waals surface area contributed by atoms with E-state index in [0.717, 1.165) is 21.9 Å². The van der Waals surface area contributed by atoms with Crippen molar-refractivity contribution in [2.75, 3.05) is 0 Å². The number of nitrogens with zero attached hydrogens (tertiary/aromatic N) is 4. The van der Waals surface area contributed by atoms with Gasteiger partial charge in [-0.25, -0.2) is 4.98 Å². The van der Waals surface area contributed by atoms with E-state index in [-0.39, 0.29) is 54.6 Å². The Labute approximate surface area is 449 Å². The van der Waals surface area contributed by atoms with Crippen molar-refractivity contribution in [2.45, 2.75) is 97.0 Å². The van der Waals surface area contributed by atoms with Crippen LogP contribution in [0.3, 0.4) is 0 Å². The second kappa shape index (κ2) is 16.8. The molecule has 0 radical (unpaired) electrons. The average Bonchev–Trinajstić information content (AvgIpc) is 1.53. The zero-order valence-corrected chi connectivity index (χ0v) is 40.9. The van der Waals surface area contributed by atoms with Crippen molar-refractivity contribution in [3.8, 4) is 50.9 Å². The van der Waals surface area contributed by atoms with E-state index in [1.165, 1.54) is 6.07 Å². The molecule has 0 amide bonds. The molecule has 0 saturated carbocycles. The van der Waals surface area contributed by atoms with Gasteiger partial charge in [0.15, 0.2) is 0 Å². The fourth-order valence-corrected chi connectivity index (χ4v) is 9.26. The van der Waals surface area contributed by atoms with Gasteiger partial charge in [-0.05, 0) is 108 Å². The predicted octanol–water partition coefficient (Wildman–Crippen LogP) is 15.5. The number of hydrogen-bond donors (Lipinski definition) is 0. The fourth-order valence-electron chi connectivity index (χ4n) is 9.26. The monoisotopic (exact) mass is 1100 g/mol. The Hall–Kier alpha value is -6.55. The molecular formula is C63H58N4OPt-2. The van der Waals surface area contributed by atoms with Gasteiger partial charge >= 0.3 is 0 Å². The van der Waals surface area contributed by atoms with Crippen molar-refractivity contribution in [3.63, 3.8) is 0 Å². The van der Waals surface area contributed by atoms with Gasteiger partial charge in [-0.1, -0.05) is 171 Å². The quantitative estimate of drug-likeness (QED) is 0.118. The number of ether oxygens (including phenoxy) is 1. The van der Waals surface area contributed by atoms with E-state index in [4.69, 9.17) is 33.0 Å². The van der Waals surface area contributed by atoms with Crippen LogP contribution in [0.4, 0.5) is 0 Å². The van der Waals surface area contributed by atoms with Gasteiger partial charge in [0.1, 0.15) is 5.82 Å². The summed E-state index contributed by atoms with van der Waals surface area (Å²) in [6.45, 7) is -3.28. The third kappa shape index (κ3) is 8.13. The van der Waals surface area contributed by atoms with E-state index in [1.807, 2.05) is 47.0 Å². The second-order valence-corrected chi connectivity index (χ2v) is 19.5. The number of aromatic nitrogens is 4. The molecule has 0 N–H and O–H groups in total. The standard InChI is InChI=1S/C63H58N4O.Pt/c1-60(2,3)44-31-32-64-58(36-44)67-54-24-15-14-23-48(54)49-29-28-47(38-57(49)67)68-46-22-18-21-45(37-46)65-40-66(56-26-17-16-25-55(56)65)59-50(42-27-30-51-52(34-42)63(9,10)39-62(51,7)8)33-43(35-53(59)61(4,5)6)41-19-12-11-13-20-41;/h11-36H,39H2,1-10H3;/q-2;/i7D3,8D3,9D3,10D3,11D,12D,13D,19D,20D,27D,30D,34D;. The Morgan fingerprint density at radius 1 is 0.681 bits per heavy atom. The summed E-state index contributed by atoms with van der Waals surface area (Å²) >= 11 is 0. The van der Waals surface area contributed by atoms with Gasteiger partial charge in [-0.2, -0.15) is 18.2 Å². The van der Waals surface area contributed by atoms with E-state index in [0.29, 0.717) is 39.4 Å². The number of hydrogen-bond acceptors (Lipinski definition) is 2. The zero-order valence-electron chi connectivity index (χ0n) is 58.6. The van der Waals surface area contributed by atoms with E-state index in [9.17, 15) is 4.11 Å². The Bertz CT molecular complexity index is 4490. The molecule has 3 aromatic heterocycles. The van der Waals surface area contributed by atoms with Crippen LogP contribution >= 0.6 is 0 Å². The SMILES string of the molecule is [2H]c1c([2H])c([2H])c(-c2cc(-c3c([2H])c([2H])c4c(c3[2H])C(C([2H])([2H])[2H])(C([2H])([2H])[2H])CC4(C([2H])([2H])[2H])C([2H])([2H])[2H])c(-[n+]3[c-]n(-c4[c-]c(Oc5[c-]c6c(cc5)c5ccccc5n6-c5cc(C(C)(C)C)ccn5)ccc4)c4ccccc43)c(C(C)(C)C)c2)c([2H])c1[2H].[Pt]. The van der Waals surface area contributed by atoms with E-state index in [2.05, 4.69) is 45.3 Å². The van der Waals surface area contributed by atoms with Gasteiger partial charge in [-0.3, -0.25) is 4.57 Å². The number of imidazole rings is 1. The molecule has 0 saturated heterocycles. The topological polar surface area (TPSA) is 35.9 Å². The first kappa shape index (κ1) is 28.2. The molecule has 69 heavy (non-hydrogen) atoms. The maximum Gasteiger partial charge on any atom is 0.268 e. The van der Waals surface area contributed by atoms with Crippen molar-refractivity contribution >= 4 is 32.8 Å². The van der Waals surface area contributed by atoms with Gasteiger partial charge in [-0.15, -0.1) is 29.7 Å². The summed E-state index contributed by atoms with van der Waals surface area (Å²) in [6.07, 6.45) is 3.59. The molecule has 348 valence electrons. The van der Waals surface area contributed by atoms with E-state index in [1.54, 1.807) is 84.6 Å². The molecule has 0 atom stereocenters. The first-order valence-corrected chi connectivity index (χ1v) is 22.3. The van der Waals surface area contributed by atoms with Crippen molar-refractivity contribution in [3.05, 3.63) is 198 Å². The summed E-state index contributed by atoms with van der Waals surface area (Å²) in [5, 5.41) is 1.90. The number of rotatable bonds is 7. The fraction of sp³-hybridized carbons (Fsp3) is 0.238. The first-order valence-electron chi connectivity index (χ1n) is 32.3. The van der Waals surface area contributed by atoms with Crippen LogP contribution in [0, 0.1) is 18.5 Å². The summed E-state index contributed by atoms with van der Waals surface area (Å²) in [7, 11) is 0. The van der Waals surface area contributed by atoms with Crippen molar-refractivity contribution in [1.29, 1.82) is 0 Å². The Balaban J connectivity index is 0.00000873. The molecule has 1 aliphatic carbocycles. The molecule has 0 fully saturated rings. The Kier molecular flexibility index (Phi) is 6.88. The molecule has 0 spiro atoms. The molecule has 6 heteroatoms. The molecule has 10 aromatic rings. The third-order valence-electron chi connectivity index (χ3n) is 12.6. The number of benzene rings is 7. The largest absolute Gasteiger partial charge is 0.510 e. The molecule has 0 bridgehead atoms. The molecule has 3 heterocycles. The average molecular weight is 1100 g/mol.